The third-order valence-electron chi connectivity index (χ3n) is 4.22. The number of guanidine groups is 1. The second-order valence-corrected chi connectivity index (χ2v) is 6.50. The number of hydrogen-bond acceptors (Lipinski definition) is 6. The van der Waals surface area contributed by atoms with Crippen LogP contribution in [0.2, 0.25) is 0 Å². The van der Waals surface area contributed by atoms with Gasteiger partial charge in [0.1, 0.15) is 5.82 Å². The van der Waals surface area contributed by atoms with E-state index in [4.69, 9.17) is 14.2 Å². The smallest absolute Gasteiger partial charge is 0.203 e. The largest absolute Gasteiger partial charge is 0.493 e. The number of nitrogens with one attached hydrogen (secondary N) is 2. The molecule has 30 heavy (non-hydrogen) atoms. The Bertz CT molecular complexity index is 805. The Kier molecular flexibility index (Phi) is 11.1. The summed E-state index contributed by atoms with van der Waals surface area (Å²) < 4.78 is 16.2. The summed E-state index contributed by atoms with van der Waals surface area (Å²) in [6.45, 7) is 3.91. The summed E-state index contributed by atoms with van der Waals surface area (Å²) in [5.41, 5.74) is 2.08. The molecular formula is C21H32IN5O3. The maximum absolute atomic E-state index is 5.41. The molecule has 2 aromatic rings. The van der Waals surface area contributed by atoms with E-state index >= 15 is 0 Å². The van der Waals surface area contributed by atoms with E-state index in [1.807, 2.05) is 50.3 Å². The molecule has 0 radical (unpaired) electrons. The number of anilines is 1. The molecule has 0 bridgehead atoms. The van der Waals surface area contributed by atoms with Gasteiger partial charge in [0.05, 0.1) is 27.9 Å². The summed E-state index contributed by atoms with van der Waals surface area (Å²) in [6, 6.07) is 7.85. The maximum atomic E-state index is 5.41. The average molecular weight is 529 g/mol. The van der Waals surface area contributed by atoms with Crippen molar-refractivity contribution in [2.75, 3.05) is 46.9 Å². The number of nitrogens with zero attached hydrogens (tertiary/aromatic N) is 3. The SMILES string of the molecule is CCNC(=NCc1cc(OC)c(OC)c(OC)c1)NCc1ccnc(N(C)C)c1.I. The zero-order valence-electron chi connectivity index (χ0n) is 18.5. The highest BCUT2D eigenvalue weighted by atomic mass is 127. The van der Waals surface area contributed by atoms with Crippen molar-refractivity contribution in [3.63, 3.8) is 0 Å². The molecule has 1 aromatic carbocycles. The topological polar surface area (TPSA) is 80.2 Å². The average Bonchev–Trinajstić information content (AvgIpc) is 2.74. The van der Waals surface area contributed by atoms with E-state index in [-0.39, 0.29) is 24.0 Å². The van der Waals surface area contributed by atoms with Crippen LogP contribution in [0.4, 0.5) is 5.82 Å². The molecule has 0 unspecified atom stereocenters. The van der Waals surface area contributed by atoms with Crippen LogP contribution in [0.15, 0.2) is 35.5 Å². The molecule has 1 heterocycles. The van der Waals surface area contributed by atoms with Crippen LogP contribution in [0.5, 0.6) is 17.2 Å². The number of aliphatic imine (C=N–C) groups is 1. The Balaban J connectivity index is 0.00000450. The highest BCUT2D eigenvalue weighted by Crippen LogP contribution is 2.38. The predicted molar refractivity (Wildman–Crippen MR) is 132 cm³/mol. The Labute approximate surface area is 196 Å². The van der Waals surface area contributed by atoms with Crippen LogP contribution in [0.3, 0.4) is 0 Å². The van der Waals surface area contributed by atoms with Gasteiger partial charge in [-0.25, -0.2) is 9.98 Å². The minimum absolute atomic E-state index is 0. The molecule has 1 aromatic heterocycles. The lowest BCUT2D eigenvalue weighted by Gasteiger charge is -2.15. The zero-order valence-corrected chi connectivity index (χ0v) is 20.8. The highest BCUT2D eigenvalue weighted by Gasteiger charge is 2.13. The molecule has 9 heteroatoms. The fourth-order valence-corrected chi connectivity index (χ4v) is 2.74. The number of hydrogen-bond donors (Lipinski definition) is 2. The Morgan fingerprint density at radius 2 is 1.67 bits per heavy atom. The van der Waals surface area contributed by atoms with E-state index in [1.54, 1.807) is 21.3 Å². The van der Waals surface area contributed by atoms with E-state index in [1.165, 1.54) is 0 Å². The van der Waals surface area contributed by atoms with Gasteiger partial charge in [-0.15, -0.1) is 24.0 Å². The van der Waals surface area contributed by atoms with Crippen molar-refractivity contribution in [3.05, 3.63) is 41.6 Å². The number of pyridine rings is 1. The molecule has 0 spiro atoms. The van der Waals surface area contributed by atoms with Gasteiger partial charge in [0.2, 0.25) is 5.75 Å². The van der Waals surface area contributed by atoms with Crippen molar-refractivity contribution >= 4 is 35.8 Å². The summed E-state index contributed by atoms with van der Waals surface area (Å²) in [4.78, 5) is 11.0. The molecule has 166 valence electrons. The molecule has 0 aliphatic carbocycles. The van der Waals surface area contributed by atoms with Gasteiger partial charge >= 0.3 is 0 Å². The zero-order chi connectivity index (χ0) is 21.2. The van der Waals surface area contributed by atoms with Crippen LogP contribution < -0.4 is 29.7 Å². The predicted octanol–water partition coefficient (Wildman–Crippen LogP) is 3.05. The van der Waals surface area contributed by atoms with Gasteiger partial charge in [0, 0.05) is 33.4 Å². The van der Waals surface area contributed by atoms with Crippen LogP contribution in [-0.4, -0.2) is 52.9 Å². The molecule has 2 N–H and O–H groups in total. The summed E-state index contributed by atoms with van der Waals surface area (Å²) in [7, 11) is 8.75. The van der Waals surface area contributed by atoms with Gasteiger partial charge in [-0.1, -0.05) is 0 Å². The Morgan fingerprint density at radius 1 is 1.00 bits per heavy atom. The van der Waals surface area contributed by atoms with E-state index < -0.39 is 0 Å². The van der Waals surface area contributed by atoms with Crippen molar-refractivity contribution in [2.45, 2.75) is 20.0 Å². The fraction of sp³-hybridized carbons (Fsp3) is 0.429. The molecule has 8 nitrogen and oxygen atoms in total. The number of ether oxygens (including phenoxy) is 3. The molecule has 0 amide bonds. The second-order valence-electron chi connectivity index (χ2n) is 6.50. The van der Waals surface area contributed by atoms with Crippen LogP contribution in [0.25, 0.3) is 0 Å². The van der Waals surface area contributed by atoms with Crippen LogP contribution in [-0.2, 0) is 13.1 Å². The standard InChI is InChI=1S/C21H31N5O3.HI/c1-7-22-21(24-13-15-8-9-23-19(12-15)26(2)3)25-14-16-10-17(27-4)20(29-6)18(11-16)28-5;/h8-12H,7,13-14H2,1-6H3,(H2,22,24,25);1H. The number of aromatic nitrogens is 1. The third kappa shape index (κ3) is 7.12. The lowest BCUT2D eigenvalue weighted by atomic mass is 10.2. The first kappa shape index (κ1) is 25.6. The molecule has 0 aliphatic rings. The highest BCUT2D eigenvalue weighted by molar-refractivity contribution is 14.0. The van der Waals surface area contributed by atoms with E-state index in [0.29, 0.717) is 30.3 Å². The van der Waals surface area contributed by atoms with Gasteiger partial charge in [0.25, 0.3) is 0 Å². The van der Waals surface area contributed by atoms with Gasteiger partial charge in [-0.3, -0.25) is 0 Å². The number of benzene rings is 1. The summed E-state index contributed by atoms with van der Waals surface area (Å²) in [5.74, 6) is 3.45. The Hall–Kier alpha value is -2.43. The van der Waals surface area contributed by atoms with E-state index in [2.05, 4.69) is 26.7 Å². The fourth-order valence-electron chi connectivity index (χ4n) is 2.74. The molecule has 0 saturated carbocycles. The van der Waals surface area contributed by atoms with Gasteiger partial charge in [-0.2, -0.15) is 0 Å². The minimum Gasteiger partial charge on any atom is -0.493 e. The van der Waals surface area contributed by atoms with Crippen molar-refractivity contribution in [1.29, 1.82) is 0 Å². The monoisotopic (exact) mass is 529 g/mol. The summed E-state index contributed by atoms with van der Waals surface area (Å²) in [6.07, 6.45) is 1.81. The van der Waals surface area contributed by atoms with Crippen molar-refractivity contribution in [2.24, 2.45) is 4.99 Å². The first-order valence-corrected chi connectivity index (χ1v) is 9.45. The first-order chi connectivity index (χ1) is 14.0. The summed E-state index contributed by atoms with van der Waals surface area (Å²) >= 11 is 0. The number of rotatable bonds is 9. The van der Waals surface area contributed by atoms with Crippen LogP contribution >= 0.6 is 24.0 Å². The van der Waals surface area contributed by atoms with Crippen molar-refractivity contribution < 1.29 is 14.2 Å². The van der Waals surface area contributed by atoms with E-state index in [0.717, 1.165) is 29.4 Å². The lowest BCUT2D eigenvalue weighted by molar-refractivity contribution is 0.324. The number of halogens is 1. The third-order valence-corrected chi connectivity index (χ3v) is 4.22. The molecule has 0 fully saturated rings. The van der Waals surface area contributed by atoms with Crippen LogP contribution in [0, 0.1) is 0 Å². The van der Waals surface area contributed by atoms with Gasteiger partial charge in [-0.05, 0) is 42.3 Å². The normalized spacial score (nSPS) is 10.7. The van der Waals surface area contributed by atoms with Crippen molar-refractivity contribution in [1.82, 2.24) is 15.6 Å². The molecular weight excluding hydrogens is 497 g/mol. The molecule has 0 saturated heterocycles. The minimum atomic E-state index is 0. The number of methoxy groups -OCH3 is 3. The van der Waals surface area contributed by atoms with Gasteiger partial charge < -0.3 is 29.7 Å². The first-order valence-electron chi connectivity index (χ1n) is 9.45. The lowest BCUT2D eigenvalue weighted by Crippen LogP contribution is -2.36. The maximum Gasteiger partial charge on any atom is 0.203 e. The second kappa shape index (κ2) is 13.0. The molecule has 0 atom stereocenters. The summed E-state index contributed by atoms with van der Waals surface area (Å²) in [5, 5.41) is 6.62. The van der Waals surface area contributed by atoms with Gasteiger partial charge in [0.15, 0.2) is 17.5 Å². The van der Waals surface area contributed by atoms with Crippen LogP contribution in [0.1, 0.15) is 18.1 Å². The quantitative estimate of drug-likeness (QED) is 0.294. The molecule has 2 rings (SSSR count). The van der Waals surface area contributed by atoms with E-state index in [9.17, 15) is 0 Å². The van der Waals surface area contributed by atoms with Crippen molar-refractivity contribution in [3.8, 4) is 17.2 Å². The Morgan fingerprint density at radius 3 is 2.20 bits per heavy atom. The molecule has 0 aliphatic heterocycles.